The predicted molar refractivity (Wildman–Crippen MR) is 67.2 cm³/mol. The third kappa shape index (κ3) is 1.55. The van der Waals surface area contributed by atoms with Crippen molar-refractivity contribution in [2.45, 2.75) is 12.8 Å². The summed E-state index contributed by atoms with van der Waals surface area (Å²) in [6.45, 7) is 1.12. The van der Waals surface area contributed by atoms with Gasteiger partial charge in [0, 0.05) is 17.3 Å². The van der Waals surface area contributed by atoms with Crippen molar-refractivity contribution >= 4 is 16.9 Å². The van der Waals surface area contributed by atoms with E-state index in [-0.39, 0.29) is 5.69 Å². The first-order valence-electron chi connectivity index (χ1n) is 5.94. The highest BCUT2D eigenvalue weighted by Gasteiger charge is 2.20. The monoisotopic (exact) mass is 246 g/mol. The number of fused-ring (bicyclic) bond motifs is 2. The summed E-state index contributed by atoms with van der Waals surface area (Å²) in [6, 6.07) is 3.90. The van der Waals surface area contributed by atoms with Gasteiger partial charge in [-0.2, -0.15) is 0 Å². The number of hydrogen-bond acceptors (Lipinski definition) is 3. The number of benzene rings is 1. The Balaban J connectivity index is 2.25. The molecule has 5 heteroatoms. The molecule has 0 atom stereocenters. The first kappa shape index (κ1) is 11.1. The van der Waals surface area contributed by atoms with Crippen LogP contribution < -0.4 is 10.5 Å². The van der Waals surface area contributed by atoms with Crippen molar-refractivity contribution in [2.75, 3.05) is 13.2 Å². The van der Waals surface area contributed by atoms with Gasteiger partial charge in [-0.25, -0.2) is 4.79 Å². The molecule has 0 radical (unpaired) electrons. The van der Waals surface area contributed by atoms with Gasteiger partial charge in [0.2, 0.25) is 0 Å². The van der Waals surface area contributed by atoms with E-state index >= 15 is 0 Å². The second-order valence-electron chi connectivity index (χ2n) is 4.43. The van der Waals surface area contributed by atoms with Gasteiger partial charge < -0.3 is 20.6 Å². The van der Waals surface area contributed by atoms with E-state index in [2.05, 4.69) is 4.98 Å². The van der Waals surface area contributed by atoms with E-state index in [0.717, 1.165) is 34.2 Å². The van der Waals surface area contributed by atoms with E-state index in [9.17, 15) is 9.90 Å². The summed E-state index contributed by atoms with van der Waals surface area (Å²) in [5.74, 6) is -0.0903. The summed E-state index contributed by atoms with van der Waals surface area (Å²) in [5.41, 5.74) is 8.52. The molecule has 5 nitrogen and oxygen atoms in total. The molecule has 1 aromatic carbocycles. The number of aromatic carboxylic acids is 1. The SMILES string of the molecule is NCCc1c(C(=O)O)[nH]c2cc3c(cc12)OCC3. The molecule has 1 aliphatic heterocycles. The number of nitrogens with one attached hydrogen (secondary N) is 1. The highest BCUT2D eigenvalue weighted by molar-refractivity contribution is 5.98. The molecule has 4 N–H and O–H groups in total. The fourth-order valence-corrected chi connectivity index (χ4v) is 2.51. The molecule has 0 saturated carbocycles. The Hall–Kier alpha value is -2.01. The lowest BCUT2D eigenvalue weighted by molar-refractivity contribution is 0.0690. The molecule has 2 heterocycles. The Morgan fingerprint density at radius 2 is 2.33 bits per heavy atom. The minimum atomic E-state index is -0.948. The molecule has 0 amide bonds. The van der Waals surface area contributed by atoms with Gasteiger partial charge >= 0.3 is 5.97 Å². The normalized spacial score (nSPS) is 13.6. The van der Waals surface area contributed by atoms with Crippen molar-refractivity contribution in [2.24, 2.45) is 5.73 Å². The lowest BCUT2D eigenvalue weighted by Gasteiger charge is -2.01. The topological polar surface area (TPSA) is 88.3 Å². The molecule has 2 aromatic rings. The Labute approximate surface area is 104 Å². The second-order valence-corrected chi connectivity index (χ2v) is 4.43. The van der Waals surface area contributed by atoms with Gasteiger partial charge in [-0.3, -0.25) is 0 Å². The molecule has 0 saturated heterocycles. The zero-order valence-electron chi connectivity index (χ0n) is 9.82. The summed E-state index contributed by atoms with van der Waals surface area (Å²) < 4.78 is 5.52. The van der Waals surface area contributed by atoms with Crippen LogP contribution in [-0.4, -0.2) is 29.2 Å². The van der Waals surface area contributed by atoms with Crippen LogP contribution in [-0.2, 0) is 12.8 Å². The summed E-state index contributed by atoms with van der Waals surface area (Å²) in [6.07, 6.45) is 1.42. The first-order valence-corrected chi connectivity index (χ1v) is 5.94. The summed E-state index contributed by atoms with van der Waals surface area (Å²) in [5, 5.41) is 10.1. The van der Waals surface area contributed by atoms with Crippen molar-refractivity contribution in [1.82, 2.24) is 4.98 Å². The van der Waals surface area contributed by atoms with Crippen LogP contribution in [0.3, 0.4) is 0 Å². The molecule has 94 valence electrons. The number of aromatic amines is 1. The molecule has 3 rings (SSSR count). The fourth-order valence-electron chi connectivity index (χ4n) is 2.51. The number of aromatic nitrogens is 1. The third-order valence-corrected chi connectivity index (χ3v) is 3.32. The zero-order chi connectivity index (χ0) is 12.7. The van der Waals surface area contributed by atoms with Crippen molar-refractivity contribution in [3.8, 4) is 5.75 Å². The smallest absolute Gasteiger partial charge is 0.352 e. The Kier molecular flexibility index (Phi) is 2.48. The third-order valence-electron chi connectivity index (χ3n) is 3.32. The predicted octanol–water partition coefficient (Wildman–Crippen LogP) is 1.30. The zero-order valence-corrected chi connectivity index (χ0v) is 9.82. The van der Waals surface area contributed by atoms with Crippen LogP contribution >= 0.6 is 0 Å². The van der Waals surface area contributed by atoms with Crippen molar-refractivity contribution in [3.63, 3.8) is 0 Å². The second kappa shape index (κ2) is 4.03. The molecular weight excluding hydrogens is 232 g/mol. The number of carboxylic acid groups (broad SMARTS) is 1. The van der Waals surface area contributed by atoms with E-state index in [1.165, 1.54) is 0 Å². The van der Waals surface area contributed by atoms with Gasteiger partial charge in [-0.05, 0) is 36.2 Å². The van der Waals surface area contributed by atoms with Crippen LogP contribution in [0.2, 0.25) is 0 Å². The number of carboxylic acids is 1. The van der Waals surface area contributed by atoms with Crippen LogP contribution in [0.5, 0.6) is 5.75 Å². The highest BCUT2D eigenvalue weighted by atomic mass is 16.5. The average molecular weight is 246 g/mol. The maximum atomic E-state index is 11.2. The van der Waals surface area contributed by atoms with Gasteiger partial charge in [0.25, 0.3) is 0 Å². The van der Waals surface area contributed by atoms with Crippen LogP contribution in [0, 0.1) is 0 Å². The standard InChI is InChI=1S/C13H14N2O3/c14-3-1-8-9-6-11-7(2-4-18-11)5-10(9)15-12(8)13(16)17/h5-6,15H,1-4,14H2,(H,16,17). The lowest BCUT2D eigenvalue weighted by atomic mass is 10.0. The minimum absolute atomic E-state index is 0.235. The molecule has 18 heavy (non-hydrogen) atoms. The van der Waals surface area contributed by atoms with Crippen LogP contribution in [0.1, 0.15) is 21.6 Å². The van der Waals surface area contributed by atoms with Crippen molar-refractivity contribution in [3.05, 3.63) is 29.0 Å². The van der Waals surface area contributed by atoms with Crippen LogP contribution in [0.15, 0.2) is 12.1 Å². The minimum Gasteiger partial charge on any atom is -0.493 e. The number of carbonyl (C=O) groups is 1. The average Bonchev–Trinajstić information content (AvgIpc) is 2.91. The van der Waals surface area contributed by atoms with E-state index in [4.69, 9.17) is 10.5 Å². The van der Waals surface area contributed by atoms with E-state index < -0.39 is 5.97 Å². The van der Waals surface area contributed by atoms with Gasteiger partial charge in [0.15, 0.2) is 0 Å². The summed E-state index contributed by atoms with van der Waals surface area (Å²) >= 11 is 0. The molecule has 1 aliphatic rings. The molecule has 0 bridgehead atoms. The maximum Gasteiger partial charge on any atom is 0.352 e. The number of nitrogens with two attached hydrogens (primary N) is 1. The number of ether oxygens (including phenoxy) is 1. The molecule has 0 spiro atoms. The molecule has 0 unspecified atom stereocenters. The maximum absolute atomic E-state index is 11.2. The van der Waals surface area contributed by atoms with E-state index in [0.29, 0.717) is 19.6 Å². The number of H-pyrrole nitrogens is 1. The van der Waals surface area contributed by atoms with Crippen molar-refractivity contribution < 1.29 is 14.6 Å². The van der Waals surface area contributed by atoms with E-state index in [1.807, 2.05) is 12.1 Å². The molecular formula is C13H14N2O3. The largest absolute Gasteiger partial charge is 0.493 e. The summed E-state index contributed by atoms with van der Waals surface area (Å²) in [7, 11) is 0. The highest BCUT2D eigenvalue weighted by Crippen LogP contribution is 2.33. The quantitative estimate of drug-likeness (QED) is 0.761. The Bertz CT molecular complexity index is 631. The van der Waals surface area contributed by atoms with Gasteiger partial charge in [-0.1, -0.05) is 0 Å². The lowest BCUT2D eigenvalue weighted by Crippen LogP contribution is -2.07. The fraction of sp³-hybridized carbons (Fsp3) is 0.308. The van der Waals surface area contributed by atoms with Crippen molar-refractivity contribution in [1.29, 1.82) is 0 Å². The van der Waals surface area contributed by atoms with Gasteiger partial charge in [-0.15, -0.1) is 0 Å². The Morgan fingerprint density at radius 3 is 3.06 bits per heavy atom. The molecule has 0 fully saturated rings. The van der Waals surface area contributed by atoms with Gasteiger partial charge in [0.05, 0.1) is 6.61 Å². The van der Waals surface area contributed by atoms with Crippen LogP contribution in [0.4, 0.5) is 0 Å². The number of hydrogen-bond donors (Lipinski definition) is 3. The first-order chi connectivity index (χ1) is 8.70. The van der Waals surface area contributed by atoms with E-state index in [1.54, 1.807) is 0 Å². The van der Waals surface area contributed by atoms with Gasteiger partial charge in [0.1, 0.15) is 11.4 Å². The molecule has 1 aromatic heterocycles. The Morgan fingerprint density at radius 1 is 1.50 bits per heavy atom. The molecule has 0 aliphatic carbocycles. The van der Waals surface area contributed by atoms with Crippen LogP contribution in [0.25, 0.3) is 10.9 Å². The number of rotatable bonds is 3. The summed E-state index contributed by atoms with van der Waals surface area (Å²) in [4.78, 5) is 14.2.